The largest absolute Gasteiger partial charge is 0.497 e. The third kappa shape index (κ3) is 2.91. The molecule has 1 aliphatic heterocycles. The molecular weight excluding hydrogens is 260 g/mol. The molecule has 0 spiro atoms. The molecule has 2 rings (SSSR count). The molecule has 1 N–H and O–H groups in total. The Labute approximate surface area is 117 Å². The van der Waals surface area contributed by atoms with Gasteiger partial charge >= 0.3 is 5.97 Å². The van der Waals surface area contributed by atoms with Gasteiger partial charge in [0.15, 0.2) is 0 Å². The maximum Gasteiger partial charge on any atom is 0.320 e. The topological polar surface area (TPSA) is 70.1 Å². The van der Waals surface area contributed by atoms with Gasteiger partial charge in [0.05, 0.1) is 13.7 Å². The van der Waals surface area contributed by atoms with Gasteiger partial charge in [0.2, 0.25) is 5.91 Å². The molecule has 1 atom stereocenters. The molecule has 108 valence electrons. The zero-order valence-corrected chi connectivity index (χ0v) is 11.6. The van der Waals surface area contributed by atoms with Crippen LogP contribution in [0.3, 0.4) is 0 Å². The average molecular weight is 278 g/mol. The molecule has 1 heterocycles. The first-order valence-corrected chi connectivity index (χ1v) is 6.44. The Morgan fingerprint density at radius 2 is 2.15 bits per heavy atom. The Balaban J connectivity index is 2.10. The van der Waals surface area contributed by atoms with Crippen LogP contribution in [-0.2, 0) is 9.59 Å². The predicted molar refractivity (Wildman–Crippen MR) is 74.0 cm³/mol. The first kappa shape index (κ1) is 14.3. The van der Waals surface area contributed by atoms with Crippen molar-refractivity contribution < 1.29 is 19.4 Å². The monoisotopic (exact) mass is 278 g/mol. The maximum atomic E-state index is 12.2. The van der Waals surface area contributed by atoms with Crippen molar-refractivity contribution in [1.29, 1.82) is 0 Å². The smallest absolute Gasteiger partial charge is 0.320 e. The predicted octanol–water partition coefficient (Wildman–Crippen LogP) is 0.817. The van der Waals surface area contributed by atoms with Gasteiger partial charge in [-0.25, -0.2) is 0 Å². The van der Waals surface area contributed by atoms with Crippen LogP contribution in [0.4, 0.5) is 5.69 Å². The summed E-state index contributed by atoms with van der Waals surface area (Å²) in [5, 5.41) is 8.99. The van der Waals surface area contributed by atoms with Crippen molar-refractivity contribution in [3.05, 3.63) is 24.3 Å². The van der Waals surface area contributed by atoms with Crippen LogP contribution in [0.15, 0.2) is 24.3 Å². The van der Waals surface area contributed by atoms with E-state index >= 15 is 0 Å². The number of anilines is 1. The van der Waals surface area contributed by atoms with Crippen LogP contribution in [0.1, 0.15) is 6.92 Å². The van der Waals surface area contributed by atoms with E-state index < -0.39 is 12.0 Å². The summed E-state index contributed by atoms with van der Waals surface area (Å²) in [5.74, 6) is -0.318. The number of piperazine rings is 1. The summed E-state index contributed by atoms with van der Waals surface area (Å²) in [7, 11) is 1.58. The summed E-state index contributed by atoms with van der Waals surface area (Å²) in [4.78, 5) is 26.5. The number of ether oxygens (including phenoxy) is 1. The summed E-state index contributed by atoms with van der Waals surface area (Å²) >= 11 is 0. The molecule has 0 bridgehead atoms. The fourth-order valence-electron chi connectivity index (χ4n) is 2.23. The highest BCUT2D eigenvalue weighted by Gasteiger charge is 2.30. The van der Waals surface area contributed by atoms with Crippen LogP contribution in [0.25, 0.3) is 0 Å². The van der Waals surface area contributed by atoms with Crippen molar-refractivity contribution in [2.24, 2.45) is 0 Å². The number of hydrogen-bond acceptors (Lipinski definition) is 4. The Kier molecular flexibility index (Phi) is 4.24. The lowest BCUT2D eigenvalue weighted by Gasteiger charge is -2.36. The number of nitrogens with zero attached hydrogens (tertiary/aromatic N) is 2. The van der Waals surface area contributed by atoms with Gasteiger partial charge in [0.1, 0.15) is 11.8 Å². The Morgan fingerprint density at radius 1 is 1.40 bits per heavy atom. The van der Waals surface area contributed by atoms with Gasteiger partial charge in [-0.1, -0.05) is 6.07 Å². The normalized spacial score (nSPS) is 17.9. The number of amides is 1. The van der Waals surface area contributed by atoms with E-state index in [-0.39, 0.29) is 12.5 Å². The second kappa shape index (κ2) is 5.92. The summed E-state index contributed by atoms with van der Waals surface area (Å²) in [6.45, 7) is 2.72. The highest BCUT2D eigenvalue weighted by Crippen LogP contribution is 2.23. The Morgan fingerprint density at radius 3 is 2.75 bits per heavy atom. The summed E-state index contributed by atoms with van der Waals surface area (Å²) in [6, 6.07) is 6.64. The van der Waals surface area contributed by atoms with E-state index in [1.165, 1.54) is 0 Å². The van der Waals surface area contributed by atoms with E-state index in [0.717, 1.165) is 5.69 Å². The molecule has 6 nitrogen and oxygen atoms in total. The zero-order chi connectivity index (χ0) is 14.7. The van der Waals surface area contributed by atoms with Gasteiger partial charge in [-0.2, -0.15) is 0 Å². The molecule has 1 aliphatic rings. The van der Waals surface area contributed by atoms with Crippen LogP contribution < -0.4 is 9.64 Å². The van der Waals surface area contributed by atoms with Crippen molar-refractivity contribution in [2.45, 2.75) is 13.0 Å². The molecule has 1 aromatic carbocycles. The van der Waals surface area contributed by atoms with Crippen LogP contribution in [0.2, 0.25) is 0 Å². The van der Waals surface area contributed by atoms with E-state index in [1.807, 2.05) is 18.2 Å². The third-order valence-corrected chi connectivity index (χ3v) is 3.52. The molecule has 6 heteroatoms. The SMILES string of the molecule is COc1cccc(N2CCN(C(C)C(=O)O)CC2=O)c1. The number of aliphatic carboxylic acids is 1. The lowest BCUT2D eigenvalue weighted by atomic mass is 10.2. The number of hydrogen-bond donors (Lipinski definition) is 1. The fourth-order valence-corrected chi connectivity index (χ4v) is 2.23. The van der Waals surface area contributed by atoms with E-state index in [9.17, 15) is 9.59 Å². The number of carboxylic acids is 1. The number of carbonyl (C=O) groups excluding carboxylic acids is 1. The van der Waals surface area contributed by atoms with Gasteiger partial charge in [-0.3, -0.25) is 14.5 Å². The lowest BCUT2D eigenvalue weighted by molar-refractivity contribution is -0.143. The number of benzene rings is 1. The van der Waals surface area contributed by atoms with Gasteiger partial charge in [0.25, 0.3) is 0 Å². The molecule has 1 fully saturated rings. The number of carbonyl (C=O) groups is 2. The van der Waals surface area contributed by atoms with Crippen molar-refractivity contribution in [2.75, 3.05) is 31.6 Å². The highest BCUT2D eigenvalue weighted by atomic mass is 16.5. The molecule has 1 saturated heterocycles. The molecule has 0 aromatic heterocycles. The van der Waals surface area contributed by atoms with Crippen LogP contribution in [0.5, 0.6) is 5.75 Å². The summed E-state index contributed by atoms with van der Waals surface area (Å²) in [5.41, 5.74) is 0.775. The minimum atomic E-state index is -0.910. The second-order valence-corrected chi connectivity index (χ2v) is 4.73. The standard InChI is InChI=1S/C14H18N2O4/c1-10(14(18)19)15-6-7-16(13(17)9-15)11-4-3-5-12(8-11)20-2/h3-5,8,10H,6-7,9H2,1-2H3,(H,18,19). The molecule has 0 aliphatic carbocycles. The molecule has 0 radical (unpaired) electrons. The van der Waals surface area contributed by atoms with Crippen molar-refractivity contribution in [3.8, 4) is 5.75 Å². The molecule has 20 heavy (non-hydrogen) atoms. The van der Waals surface area contributed by atoms with E-state index in [2.05, 4.69) is 0 Å². The first-order valence-electron chi connectivity index (χ1n) is 6.44. The van der Waals surface area contributed by atoms with Gasteiger partial charge < -0.3 is 14.7 Å². The summed E-state index contributed by atoms with van der Waals surface area (Å²) < 4.78 is 5.15. The van der Waals surface area contributed by atoms with E-state index in [0.29, 0.717) is 18.8 Å². The minimum Gasteiger partial charge on any atom is -0.497 e. The number of methoxy groups -OCH3 is 1. The van der Waals surface area contributed by atoms with Gasteiger partial charge in [-0.05, 0) is 19.1 Å². The quantitative estimate of drug-likeness (QED) is 0.883. The van der Waals surface area contributed by atoms with Crippen LogP contribution >= 0.6 is 0 Å². The highest BCUT2D eigenvalue weighted by molar-refractivity contribution is 5.96. The lowest BCUT2D eigenvalue weighted by Crippen LogP contribution is -2.54. The number of rotatable bonds is 4. The average Bonchev–Trinajstić information content (AvgIpc) is 2.46. The molecule has 1 amide bonds. The Hall–Kier alpha value is -2.08. The Bertz CT molecular complexity index is 518. The molecule has 1 unspecified atom stereocenters. The molecular formula is C14H18N2O4. The van der Waals surface area contributed by atoms with Crippen molar-refractivity contribution in [1.82, 2.24) is 4.90 Å². The third-order valence-electron chi connectivity index (χ3n) is 3.52. The fraction of sp³-hybridized carbons (Fsp3) is 0.429. The molecule has 0 saturated carbocycles. The van der Waals surface area contributed by atoms with Crippen molar-refractivity contribution in [3.63, 3.8) is 0 Å². The van der Waals surface area contributed by atoms with Gasteiger partial charge in [-0.15, -0.1) is 0 Å². The first-order chi connectivity index (χ1) is 9.52. The van der Waals surface area contributed by atoms with E-state index in [1.54, 1.807) is 29.9 Å². The number of carboxylic acid groups (broad SMARTS) is 1. The van der Waals surface area contributed by atoms with Gasteiger partial charge in [0, 0.05) is 24.8 Å². The van der Waals surface area contributed by atoms with E-state index in [4.69, 9.17) is 9.84 Å². The van der Waals surface area contributed by atoms with Crippen LogP contribution in [0, 0.1) is 0 Å². The summed E-state index contributed by atoms with van der Waals surface area (Å²) in [6.07, 6.45) is 0. The van der Waals surface area contributed by atoms with Crippen molar-refractivity contribution >= 4 is 17.6 Å². The second-order valence-electron chi connectivity index (χ2n) is 4.73. The minimum absolute atomic E-state index is 0.0994. The maximum absolute atomic E-state index is 12.2. The van der Waals surface area contributed by atoms with Crippen LogP contribution in [-0.4, -0.2) is 54.7 Å². The molecule has 1 aromatic rings. The zero-order valence-electron chi connectivity index (χ0n) is 11.6.